The Bertz CT molecular complexity index is 651. The fourth-order valence-electron chi connectivity index (χ4n) is 2.13. The molecule has 0 aliphatic heterocycles. The van der Waals surface area contributed by atoms with E-state index in [4.69, 9.17) is 21.1 Å². The number of halogens is 1. The number of nitrogens with zero attached hydrogens (tertiary/aromatic N) is 1. The molecule has 122 valence electrons. The van der Waals surface area contributed by atoms with Crippen LogP contribution in [0, 0.1) is 0 Å². The maximum Gasteiger partial charge on any atom is 0.242 e. The van der Waals surface area contributed by atoms with Gasteiger partial charge < -0.3 is 19.5 Å². The predicted octanol–water partition coefficient (Wildman–Crippen LogP) is 3.18. The van der Waals surface area contributed by atoms with Gasteiger partial charge in [-0.25, -0.2) is 0 Å². The number of benzene rings is 2. The van der Waals surface area contributed by atoms with Gasteiger partial charge in [-0.1, -0.05) is 12.1 Å². The molecule has 1 N–H and O–H groups in total. The van der Waals surface area contributed by atoms with Crippen LogP contribution in [-0.2, 0) is 11.3 Å². The fourth-order valence-corrected chi connectivity index (χ4v) is 2.27. The van der Waals surface area contributed by atoms with Crippen LogP contribution >= 0.6 is 11.6 Å². The molecule has 6 heteroatoms. The van der Waals surface area contributed by atoms with Crippen LogP contribution < -0.4 is 14.4 Å². The molecule has 0 fully saturated rings. The smallest absolute Gasteiger partial charge is 0.242 e. The molecule has 0 heterocycles. The first-order valence-corrected chi connectivity index (χ1v) is 7.48. The van der Waals surface area contributed by atoms with E-state index in [1.165, 1.54) is 0 Å². The molecule has 0 aromatic heterocycles. The van der Waals surface area contributed by atoms with Crippen LogP contribution in [0.4, 0.5) is 5.69 Å². The topological polar surface area (TPSA) is 59.0 Å². The van der Waals surface area contributed by atoms with Crippen LogP contribution in [0.2, 0.25) is 0 Å². The summed E-state index contributed by atoms with van der Waals surface area (Å²) in [5.41, 5.74) is 1.49. The Morgan fingerprint density at radius 1 is 1.09 bits per heavy atom. The average molecular weight is 336 g/mol. The van der Waals surface area contributed by atoms with E-state index in [1.54, 1.807) is 61.6 Å². The molecule has 2 aromatic carbocycles. The Hall–Kier alpha value is -2.40. The number of phenolic OH excluding ortho intramolecular Hbond substituents is 1. The number of methoxy groups -OCH3 is 2. The van der Waals surface area contributed by atoms with Crippen molar-refractivity contribution in [2.75, 3.05) is 25.0 Å². The molecule has 0 saturated carbocycles. The Morgan fingerprint density at radius 3 is 2.13 bits per heavy atom. The number of ether oxygens (including phenoxy) is 2. The number of rotatable bonds is 6. The lowest BCUT2D eigenvalue weighted by Gasteiger charge is -2.23. The number of anilines is 1. The second kappa shape index (κ2) is 7.74. The van der Waals surface area contributed by atoms with Gasteiger partial charge in [0.2, 0.25) is 5.91 Å². The van der Waals surface area contributed by atoms with E-state index in [0.29, 0.717) is 23.7 Å². The monoisotopic (exact) mass is 335 g/mol. The van der Waals surface area contributed by atoms with Crippen molar-refractivity contribution in [2.45, 2.75) is 6.54 Å². The third-order valence-corrected chi connectivity index (χ3v) is 3.57. The SMILES string of the molecule is COc1cc(OC)cc(N(Cc2ccc(O)cc2)C(=O)CCl)c1. The summed E-state index contributed by atoms with van der Waals surface area (Å²) in [5, 5.41) is 9.37. The number of aromatic hydroxyl groups is 1. The number of hydrogen-bond donors (Lipinski definition) is 1. The maximum absolute atomic E-state index is 12.2. The summed E-state index contributed by atoms with van der Waals surface area (Å²) in [5.74, 6) is 0.953. The zero-order valence-electron chi connectivity index (χ0n) is 13.0. The van der Waals surface area contributed by atoms with Crippen LogP contribution in [0.5, 0.6) is 17.2 Å². The number of amides is 1. The van der Waals surface area contributed by atoms with Gasteiger partial charge >= 0.3 is 0 Å². The Balaban J connectivity index is 2.38. The van der Waals surface area contributed by atoms with Gasteiger partial charge in [0, 0.05) is 18.2 Å². The van der Waals surface area contributed by atoms with Crippen molar-refractivity contribution in [1.82, 2.24) is 0 Å². The highest BCUT2D eigenvalue weighted by Gasteiger charge is 2.17. The molecular weight excluding hydrogens is 318 g/mol. The van der Waals surface area contributed by atoms with Crippen molar-refractivity contribution >= 4 is 23.2 Å². The van der Waals surface area contributed by atoms with Gasteiger partial charge in [0.15, 0.2) is 0 Å². The minimum absolute atomic E-state index is 0.141. The summed E-state index contributed by atoms with van der Waals surface area (Å²) in [4.78, 5) is 13.8. The van der Waals surface area contributed by atoms with Gasteiger partial charge in [-0.2, -0.15) is 0 Å². The lowest BCUT2D eigenvalue weighted by atomic mass is 10.1. The van der Waals surface area contributed by atoms with Crippen molar-refractivity contribution in [1.29, 1.82) is 0 Å². The number of carbonyl (C=O) groups excluding carboxylic acids is 1. The summed E-state index contributed by atoms with van der Waals surface area (Å²) < 4.78 is 10.5. The van der Waals surface area contributed by atoms with Crippen LogP contribution in [0.1, 0.15) is 5.56 Å². The highest BCUT2D eigenvalue weighted by atomic mass is 35.5. The summed E-state index contributed by atoms with van der Waals surface area (Å²) in [6.45, 7) is 0.322. The minimum Gasteiger partial charge on any atom is -0.508 e. The molecule has 2 rings (SSSR count). The quantitative estimate of drug-likeness (QED) is 0.824. The first-order chi connectivity index (χ1) is 11.1. The van der Waals surface area contributed by atoms with Crippen molar-refractivity contribution < 1.29 is 19.4 Å². The normalized spacial score (nSPS) is 10.2. The van der Waals surface area contributed by atoms with Gasteiger partial charge in [0.05, 0.1) is 26.5 Å². The van der Waals surface area contributed by atoms with Crippen LogP contribution in [-0.4, -0.2) is 31.1 Å². The van der Waals surface area contributed by atoms with E-state index in [9.17, 15) is 9.90 Å². The van der Waals surface area contributed by atoms with Crippen molar-refractivity contribution in [3.8, 4) is 17.2 Å². The first kappa shape index (κ1) is 17.0. The molecule has 0 bridgehead atoms. The number of phenols is 1. The van der Waals surface area contributed by atoms with Gasteiger partial charge in [-0.05, 0) is 17.7 Å². The van der Waals surface area contributed by atoms with Crippen LogP contribution in [0.25, 0.3) is 0 Å². The zero-order valence-corrected chi connectivity index (χ0v) is 13.7. The Morgan fingerprint density at radius 2 is 1.65 bits per heavy atom. The molecule has 0 unspecified atom stereocenters. The fraction of sp³-hybridized carbons (Fsp3) is 0.235. The van der Waals surface area contributed by atoms with Crippen LogP contribution in [0.3, 0.4) is 0 Å². The highest BCUT2D eigenvalue weighted by Crippen LogP contribution is 2.29. The minimum atomic E-state index is -0.241. The highest BCUT2D eigenvalue weighted by molar-refractivity contribution is 6.29. The zero-order chi connectivity index (χ0) is 16.8. The Labute approximate surface area is 140 Å². The molecule has 2 aromatic rings. The van der Waals surface area contributed by atoms with Gasteiger partial charge in [-0.15, -0.1) is 11.6 Å². The molecule has 23 heavy (non-hydrogen) atoms. The summed E-state index contributed by atoms with van der Waals surface area (Å²) in [6.07, 6.45) is 0. The van der Waals surface area contributed by atoms with Crippen molar-refractivity contribution in [2.24, 2.45) is 0 Å². The third kappa shape index (κ3) is 4.29. The average Bonchev–Trinajstić information content (AvgIpc) is 2.59. The molecule has 0 radical (unpaired) electrons. The molecule has 0 spiro atoms. The van der Waals surface area contributed by atoms with E-state index in [0.717, 1.165) is 5.56 Å². The van der Waals surface area contributed by atoms with E-state index in [1.807, 2.05) is 0 Å². The van der Waals surface area contributed by atoms with E-state index in [2.05, 4.69) is 0 Å². The number of hydrogen-bond acceptors (Lipinski definition) is 4. The van der Waals surface area contributed by atoms with Crippen molar-refractivity contribution in [3.63, 3.8) is 0 Å². The number of carbonyl (C=O) groups is 1. The van der Waals surface area contributed by atoms with E-state index in [-0.39, 0.29) is 17.5 Å². The van der Waals surface area contributed by atoms with Crippen LogP contribution in [0.15, 0.2) is 42.5 Å². The standard InChI is InChI=1S/C17H18ClNO4/c1-22-15-7-13(8-16(9-15)23-2)19(17(21)10-18)11-12-3-5-14(20)6-4-12/h3-9,20H,10-11H2,1-2H3. The molecule has 0 atom stereocenters. The summed E-state index contributed by atoms with van der Waals surface area (Å²) in [7, 11) is 3.10. The largest absolute Gasteiger partial charge is 0.508 e. The lowest BCUT2D eigenvalue weighted by molar-refractivity contribution is -0.116. The van der Waals surface area contributed by atoms with Gasteiger partial charge in [0.25, 0.3) is 0 Å². The molecular formula is C17H18ClNO4. The van der Waals surface area contributed by atoms with E-state index < -0.39 is 0 Å². The Kier molecular flexibility index (Phi) is 5.71. The predicted molar refractivity (Wildman–Crippen MR) is 89.6 cm³/mol. The van der Waals surface area contributed by atoms with Crippen molar-refractivity contribution in [3.05, 3.63) is 48.0 Å². The summed E-state index contributed by atoms with van der Waals surface area (Å²) >= 11 is 5.74. The first-order valence-electron chi connectivity index (χ1n) is 6.94. The molecule has 5 nitrogen and oxygen atoms in total. The lowest BCUT2D eigenvalue weighted by Crippen LogP contribution is -2.31. The third-order valence-electron chi connectivity index (χ3n) is 3.34. The number of alkyl halides is 1. The molecule has 0 aliphatic carbocycles. The summed E-state index contributed by atoms with van der Waals surface area (Å²) in [6, 6.07) is 11.9. The molecule has 1 amide bonds. The second-order valence-corrected chi connectivity index (χ2v) is 5.12. The second-order valence-electron chi connectivity index (χ2n) is 4.85. The van der Waals surface area contributed by atoms with Gasteiger partial charge in [0.1, 0.15) is 23.1 Å². The maximum atomic E-state index is 12.2. The molecule has 0 saturated heterocycles. The molecule has 0 aliphatic rings. The van der Waals surface area contributed by atoms with E-state index >= 15 is 0 Å². The van der Waals surface area contributed by atoms with Gasteiger partial charge in [-0.3, -0.25) is 4.79 Å².